The van der Waals surface area contributed by atoms with Crippen LogP contribution in [-0.4, -0.2) is 68.1 Å². The number of carbonyl (C=O) groups excluding carboxylic acids is 1. The minimum Gasteiger partial charge on any atom is -0.496 e. The Morgan fingerprint density at radius 1 is 1.02 bits per heavy atom. The van der Waals surface area contributed by atoms with Crippen molar-refractivity contribution in [1.82, 2.24) is 4.90 Å². The molecule has 5 rings (SSSR count). The molecule has 3 aromatic rings. The van der Waals surface area contributed by atoms with E-state index in [4.69, 9.17) is 18.9 Å². The molecule has 0 saturated carbocycles. The monoisotopic (exact) mass is 676 g/mol. The van der Waals surface area contributed by atoms with E-state index in [0.717, 1.165) is 42.6 Å². The Hall–Kier alpha value is -4.31. The van der Waals surface area contributed by atoms with E-state index in [1.165, 1.54) is 6.07 Å². The molecule has 0 radical (unpaired) electrons. The van der Waals surface area contributed by atoms with Gasteiger partial charge in [0.05, 0.1) is 26.7 Å². The first kappa shape index (κ1) is 36.0. The smallest absolute Gasteiger partial charge is 0.308 e. The molecule has 264 valence electrons. The van der Waals surface area contributed by atoms with E-state index in [0.29, 0.717) is 54.3 Å². The molecule has 0 aromatic heterocycles. The van der Waals surface area contributed by atoms with Gasteiger partial charge >= 0.3 is 5.97 Å². The molecular formula is C39H49FN2O7. The summed E-state index contributed by atoms with van der Waals surface area (Å²) < 4.78 is 36.9. The van der Waals surface area contributed by atoms with Gasteiger partial charge in [0.1, 0.15) is 11.6 Å². The second-order valence-electron chi connectivity index (χ2n) is 13.1. The van der Waals surface area contributed by atoms with Crippen LogP contribution in [0.2, 0.25) is 0 Å². The molecule has 0 unspecified atom stereocenters. The largest absolute Gasteiger partial charge is 0.496 e. The first-order valence-corrected chi connectivity index (χ1v) is 17.3. The third-order valence-electron chi connectivity index (χ3n) is 9.92. The number of hydrogen-bond donors (Lipinski definition) is 1. The van der Waals surface area contributed by atoms with Crippen LogP contribution >= 0.6 is 0 Å². The molecular weight excluding hydrogens is 627 g/mol. The van der Waals surface area contributed by atoms with E-state index in [1.807, 2.05) is 46.2 Å². The van der Waals surface area contributed by atoms with Crippen molar-refractivity contribution in [1.29, 1.82) is 0 Å². The summed E-state index contributed by atoms with van der Waals surface area (Å²) in [4.78, 5) is 31.6. The molecule has 1 saturated heterocycles. The summed E-state index contributed by atoms with van der Waals surface area (Å²) in [6, 6.07) is 15.9. The molecule has 10 heteroatoms. The van der Waals surface area contributed by atoms with Gasteiger partial charge < -0.3 is 29.0 Å². The molecule has 9 nitrogen and oxygen atoms in total. The van der Waals surface area contributed by atoms with E-state index < -0.39 is 23.8 Å². The summed E-state index contributed by atoms with van der Waals surface area (Å²) in [6.07, 6.45) is 5.34. The first-order valence-electron chi connectivity index (χ1n) is 17.3. The van der Waals surface area contributed by atoms with Crippen LogP contribution in [0.4, 0.5) is 10.1 Å². The molecule has 2 aliphatic heterocycles. The van der Waals surface area contributed by atoms with Crippen LogP contribution in [0.15, 0.2) is 54.6 Å². The van der Waals surface area contributed by atoms with Crippen LogP contribution in [0, 0.1) is 18.7 Å². The normalized spacial score (nSPS) is 18.6. The molecule has 1 fully saturated rings. The molecule has 0 spiro atoms. The van der Waals surface area contributed by atoms with Gasteiger partial charge in [0.25, 0.3) is 0 Å². The van der Waals surface area contributed by atoms with Crippen LogP contribution in [-0.2, 0) is 16.0 Å². The van der Waals surface area contributed by atoms with Gasteiger partial charge in [-0.1, -0.05) is 44.9 Å². The third kappa shape index (κ3) is 7.96. The number of aliphatic carboxylic acids is 1. The maximum absolute atomic E-state index is 14.6. The van der Waals surface area contributed by atoms with Gasteiger partial charge in [0.15, 0.2) is 11.5 Å². The highest BCUT2D eigenvalue weighted by molar-refractivity contribution is 5.95. The van der Waals surface area contributed by atoms with Crippen molar-refractivity contribution in [2.75, 3.05) is 39.0 Å². The Bertz CT molecular complexity index is 1610. The van der Waals surface area contributed by atoms with Gasteiger partial charge in [-0.3, -0.25) is 14.5 Å². The number of methoxy groups -OCH3 is 2. The summed E-state index contributed by atoms with van der Waals surface area (Å²) in [5.74, 6) is -0.298. The van der Waals surface area contributed by atoms with Gasteiger partial charge in [0, 0.05) is 30.2 Å². The average molecular weight is 677 g/mol. The molecule has 0 aliphatic carbocycles. The quantitative estimate of drug-likeness (QED) is 0.168. The van der Waals surface area contributed by atoms with Crippen LogP contribution in [0.1, 0.15) is 75.0 Å². The number of benzene rings is 3. The summed E-state index contributed by atoms with van der Waals surface area (Å²) in [6.45, 7) is 6.34. The SMILES string of the molecule is CCCC(CCC)N(C(=O)CN1C[C@H](c2cc(OC)c3c(c2)OCO3)[C@@H](C(=O)O)[C@@H]1CCCc1ccccc1OC)c1ccc(F)c(C)c1. The number of amides is 1. The van der Waals surface area contributed by atoms with E-state index >= 15 is 0 Å². The lowest BCUT2D eigenvalue weighted by molar-refractivity contribution is -0.143. The number of aryl methyl sites for hydroxylation is 2. The lowest BCUT2D eigenvalue weighted by atomic mass is 9.83. The molecule has 0 bridgehead atoms. The lowest BCUT2D eigenvalue weighted by Gasteiger charge is -2.35. The van der Waals surface area contributed by atoms with Gasteiger partial charge in [-0.2, -0.15) is 0 Å². The van der Waals surface area contributed by atoms with Crippen molar-refractivity contribution in [2.24, 2.45) is 5.92 Å². The van der Waals surface area contributed by atoms with Crippen molar-refractivity contribution < 1.29 is 38.0 Å². The number of ether oxygens (including phenoxy) is 4. The summed E-state index contributed by atoms with van der Waals surface area (Å²) >= 11 is 0. The molecule has 3 atom stereocenters. The summed E-state index contributed by atoms with van der Waals surface area (Å²) in [5.41, 5.74) is 2.95. The Kier molecular flexibility index (Phi) is 12.0. The molecule has 2 aliphatic rings. The van der Waals surface area contributed by atoms with Crippen molar-refractivity contribution >= 4 is 17.6 Å². The second-order valence-corrected chi connectivity index (χ2v) is 13.1. The Labute approximate surface area is 288 Å². The van der Waals surface area contributed by atoms with E-state index in [1.54, 1.807) is 33.3 Å². The minimum atomic E-state index is -0.917. The Morgan fingerprint density at radius 3 is 2.43 bits per heavy atom. The maximum Gasteiger partial charge on any atom is 0.308 e. The fourth-order valence-electron chi connectivity index (χ4n) is 7.62. The average Bonchev–Trinajstić information content (AvgIpc) is 3.71. The number of anilines is 1. The van der Waals surface area contributed by atoms with Crippen LogP contribution in [0.25, 0.3) is 0 Å². The number of carboxylic acid groups (broad SMARTS) is 1. The predicted molar refractivity (Wildman–Crippen MR) is 187 cm³/mol. The first-order chi connectivity index (χ1) is 23.7. The fourth-order valence-corrected chi connectivity index (χ4v) is 7.62. The summed E-state index contributed by atoms with van der Waals surface area (Å²) in [7, 11) is 3.19. The number of likely N-dealkylation sites (tertiary alicyclic amines) is 1. The fraction of sp³-hybridized carbons (Fsp3) is 0.487. The molecule has 1 N–H and O–H groups in total. The molecule has 2 heterocycles. The lowest BCUT2D eigenvalue weighted by Crippen LogP contribution is -2.48. The zero-order chi connectivity index (χ0) is 35.1. The van der Waals surface area contributed by atoms with Crippen molar-refractivity contribution in [2.45, 2.75) is 83.7 Å². The molecule has 1 amide bonds. The molecule has 3 aromatic carbocycles. The number of fused-ring (bicyclic) bond motifs is 1. The minimum absolute atomic E-state index is 0.0294. The van der Waals surface area contributed by atoms with Crippen molar-refractivity contribution in [3.63, 3.8) is 0 Å². The number of rotatable bonds is 16. The highest BCUT2D eigenvalue weighted by atomic mass is 19.1. The van der Waals surface area contributed by atoms with Crippen molar-refractivity contribution in [3.05, 3.63) is 77.1 Å². The zero-order valence-electron chi connectivity index (χ0n) is 29.2. The van der Waals surface area contributed by atoms with Gasteiger partial charge in [-0.25, -0.2) is 4.39 Å². The number of carboxylic acids is 1. The number of hydrogen-bond acceptors (Lipinski definition) is 7. The Balaban J connectivity index is 1.50. The van der Waals surface area contributed by atoms with E-state index in [9.17, 15) is 19.1 Å². The standard InChI is InChI=1S/C39H49FN2O7/c1-6-11-28(12-7-2)42(29-17-18-31(40)25(3)19-29)36(43)23-41-22-30(27-20-34(47-5)38-35(21-27)48-24-49-38)37(39(44)45)32(41)15-10-14-26-13-8-9-16-33(26)46-4/h8-9,13,16-21,28,30,32,37H,6-7,10-12,14-15,22-24H2,1-5H3,(H,44,45)/t30-,32+,37-/m1/s1. The number of halogens is 1. The maximum atomic E-state index is 14.6. The number of nitrogens with zero attached hydrogens (tertiary/aromatic N) is 2. The predicted octanol–water partition coefficient (Wildman–Crippen LogP) is 7.37. The number of para-hydroxylation sites is 1. The van der Waals surface area contributed by atoms with Crippen LogP contribution < -0.4 is 23.8 Å². The van der Waals surface area contributed by atoms with E-state index in [-0.39, 0.29) is 31.1 Å². The number of carbonyl (C=O) groups is 2. The highest BCUT2D eigenvalue weighted by Crippen LogP contribution is 2.47. The van der Waals surface area contributed by atoms with Crippen molar-refractivity contribution in [3.8, 4) is 23.0 Å². The Morgan fingerprint density at radius 2 is 1.76 bits per heavy atom. The van der Waals surface area contributed by atoms with Gasteiger partial charge in [-0.05, 0) is 92.1 Å². The van der Waals surface area contributed by atoms with Gasteiger partial charge in [-0.15, -0.1) is 0 Å². The molecule has 49 heavy (non-hydrogen) atoms. The van der Waals surface area contributed by atoms with E-state index in [2.05, 4.69) is 13.8 Å². The van der Waals surface area contributed by atoms with Gasteiger partial charge in [0.2, 0.25) is 18.4 Å². The second kappa shape index (κ2) is 16.4. The highest BCUT2D eigenvalue weighted by Gasteiger charge is 2.47. The summed E-state index contributed by atoms with van der Waals surface area (Å²) in [5, 5.41) is 10.8. The zero-order valence-corrected chi connectivity index (χ0v) is 29.2. The topological polar surface area (TPSA) is 97.8 Å². The van der Waals surface area contributed by atoms with Crippen LogP contribution in [0.5, 0.6) is 23.0 Å². The van der Waals surface area contributed by atoms with Crippen LogP contribution in [0.3, 0.4) is 0 Å². The third-order valence-corrected chi connectivity index (χ3v) is 9.92.